The Bertz CT molecular complexity index is 968. The molecule has 3 aromatic rings. The first-order valence-corrected chi connectivity index (χ1v) is 9.22. The third kappa shape index (κ3) is 4.03. The average molecular weight is 395 g/mol. The van der Waals surface area contributed by atoms with Gasteiger partial charge in [0.15, 0.2) is 0 Å². The van der Waals surface area contributed by atoms with Crippen LogP contribution in [0.25, 0.3) is 5.69 Å². The predicted octanol–water partition coefficient (Wildman–Crippen LogP) is 4.27. The second kappa shape index (κ2) is 7.56. The van der Waals surface area contributed by atoms with E-state index in [-0.39, 0.29) is 5.02 Å². The van der Waals surface area contributed by atoms with Crippen LogP contribution in [0.2, 0.25) is 10.0 Å². The van der Waals surface area contributed by atoms with E-state index in [1.165, 1.54) is 9.56 Å². The van der Waals surface area contributed by atoms with E-state index in [1.807, 2.05) is 26.1 Å². The first kappa shape index (κ1) is 17.9. The van der Waals surface area contributed by atoms with E-state index in [1.54, 1.807) is 29.7 Å². The van der Waals surface area contributed by atoms with Crippen molar-refractivity contribution in [2.24, 2.45) is 0 Å². The molecule has 25 heavy (non-hydrogen) atoms. The molecule has 8 heteroatoms. The fourth-order valence-electron chi connectivity index (χ4n) is 2.27. The van der Waals surface area contributed by atoms with Crippen molar-refractivity contribution in [1.82, 2.24) is 14.8 Å². The predicted molar refractivity (Wildman–Crippen MR) is 104 cm³/mol. The quantitative estimate of drug-likeness (QED) is 0.701. The minimum atomic E-state index is -0.392. The summed E-state index contributed by atoms with van der Waals surface area (Å²) in [5, 5.41) is 9.05. The van der Waals surface area contributed by atoms with Gasteiger partial charge in [0.1, 0.15) is 5.02 Å². The summed E-state index contributed by atoms with van der Waals surface area (Å²) in [6, 6.07) is 5.31. The maximum Gasteiger partial charge on any atom is 0.292 e. The topological polar surface area (TPSA) is 59.8 Å². The first-order valence-electron chi connectivity index (χ1n) is 7.65. The van der Waals surface area contributed by atoms with Crippen LogP contribution >= 0.6 is 34.5 Å². The highest BCUT2D eigenvalue weighted by atomic mass is 35.5. The van der Waals surface area contributed by atoms with Crippen molar-refractivity contribution >= 4 is 40.2 Å². The highest BCUT2D eigenvalue weighted by Gasteiger charge is 2.11. The number of thiazole rings is 1. The van der Waals surface area contributed by atoms with E-state index in [0.717, 1.165) is 17.0 Å². The third-order valence-electron chi connectivity index (χ3n) is 3.64. The fourth-order valence-corrected chi connectivity index (χ4v) is 3.43. The SMILES string of the molecule is Cc1cnc(CCNc2cnn(-c3ccc(C)c(Cl)c3)c(=O)c2Cl)s1. The van der Waals surface area contributed by atoms with Gasteiger partial charge in [-0.05, 0) is 31.5 Å². The molecule has 0 saturated carbocycles. The minimum absolute atomic E-state index is 0.0991. The van der Waals surface area contributed by atoms with Crippen LogP contribution in [0.5, 0.6) is 0 Å². The maximum absolute atomic E-state index is 12.5. The van der Waals surface area contributed by atoms with E-state index in [9.17, 15) is 4.79 Å². The molecule has 3 rings (SSSR count). The zero-order chi connectivity index (χ0) is 18.0. The van der Waals surface area contributed by atoms with Crippen molar-refractivity contribution < 1.29 is 0 Å². The first-order chi connectivity index (χ1) is 12.0. The summed E-state index contributed by atoms with van der Waals surface area (Å²) in [5.41, 5.74) is 1.62. The molecular weight excluding hydrogens is 379 g/mol. The number of halogens is 2. The zero-order valence-electron chi connectivity index (χ0n) is 13.7. The van der Waals surface area contributed by atoms with Gasteiger partial charge in [0.2, 0.25) is 0 Å². The monoisotopic (exact) mass is 394 g/mol. The van der Waals surface area contributed by atoms with Crippen molar-refractivity contribution in [2.45, 2.75) is 20.3 Å². The van der Waals surface area contributed by atoms with E-state index < -0.39 is 5.56 Å². The van der Waals surface area contributed by atoms with Gasteiger partial charge in [0.05, 0.1) is 22.6 Å². The van der Waals surface area contributed by atoms with Crippen LogP contribution in [-0.4, -0.2) is 21.3 Å². The molecule has 0 saturated heterocycles. The molecule has 130 valence electrons. The molecule has 1 N–H and O–H groups in total. The lowest BCUT2D eigenvalue weighted by Crippen LogP contribution is -2.23. The number of aromatic nitrogens is 3. The van der Waals surface area contributed by atoms with Crippen LogP contribution in [0, 0.1) is 13.8 Å². The highest BCUT2D eigenvalue weighted by molar-refractivity contribution is 7.11. The van der Waals surface area contributed by atoms with Gasteiger partial charge in [-0.25, -0.2) is 4.98 Å². The van der Waals surface area contributed by atoms with Crippen LogP contribution < -0.4 is 10.9 Å². The highest BCUT2D eigenvalue weighted by Crippen LogP contribution is 2.21. The molecule has 0 aliphatic carbocycles. The number of nitrogens with zero attached hydrogens (tertiary/aromatic N) is 3. The van der Waals surface area contributed by atoms with Crippen LogP contribution in [0.15, 0.2) is 35.4 Å². The van der Waals surface area contributed by atoms with E-state index in [4.69, 9.17) is 23.2 Å². The van der Waals surface area contributed by atoms with Gasteiger partial charge in [-0.15, -0.1) is 11.3 Å². The maximum atomic E-state index is 12.5. The van der Waals surface area contributed by atoms with Gasteiger partial charge < -0.3 is 5.32 Å². The van der Waals surface area contributed by atoms with Crippen molar-refractivity contribution in [2.75, 3.05) is 11.9 Å². The largest absolute Gasteiger partial charge is 0.382 e. The molecular formula is C17H16Cl2N4OS. The van der Waals surface area contributed by atoms with Crippen LogP contribution in [0.4, 0.5) is 5.69 Å². The Morgan fingerprint density at radius 2 is 2.04 bits per heavy atom. The Morgan fingerprint density at radius 1 is 1.24 bits per heavy atom. The third-order valence-corrected chi connectivity index (χ3v) is 5.39. The molecule has 0 fully saturated rings. The molecule has 0 bridgehead atoms. The molecule has 0 radical (unpaired) electrons. The van der Waals surface area contributed by atoms with Gasteiger partial charge >= 0.3 is 0 Å². The Labute approximate surface area is 159 Å². The molecule has 0 aliphatic rings. The lowest BCUT2D eigenvalue weighted by molar-refractivity contribution is 0.806. The molecule has 2 aromatic heterocycles. The molecule has 5 nitrogen and oxygen atoms in total. The number of aryl methyl sites for hydroxylation is 2. The number of rotatable bonds is 5. The Hall–Kier alpha value is -1.89. The lowest BCUT2D eigenvalue weighted by Gasteiger charge is -2.10. The summed E-state index contributed by atoms with van der Waals surface area (Å²) in [6.45, 7) is 4.53. The van der Waals surface area contributed by atoms with E-state index in [2.05, 4.69) is 15.4 Å². The molecule has 0 aliphatic heterocycles. The zero-order valence-corrected chi connectivity index (χ0v) is 16.0. The number of benzene rings is 1. The van der Waals surface area contributed by atoms with Crippen LogP contribution in [0.1, 0.15) is 15.4 Å². The summed E-state index contributed by atoms with van der Waals surface area (Å²) in [4.78, 5) is 18.0. The summed E-state index contributed by atoms with van der Waals surface area (Å²) >= 11 is 14.0. The number of hydrogen-bond donors (Lipinski definition) is 1. The Morgan fingerprint density at radius 3 is 2.72 bits per heavy atom. The number of hydrogen-bond acceptors (Lipinski definition) is 5. The molecule has 0 unspecified atom stereocenters. The second-order valence-electron chi connectivity index (χ2n) is 5.56. The standard InChI is InChI=1S/C17H16Cl2N4OS/c1-10-3-4-12(7-13(10)18)23-17(24)16(19)14(9-22-23)20-6-5-15-21-8-11(2)25-15/h3-4,7-9,20H,5-6H2,1-2H3. The molecule has 0 amide bonds. The van der Waals surface area contributed by atoms with Crippen LogP contribution in [0.3, 0.4) is 0 Å². The van der Waals surface area contributed by atoms with Gasteiger partial charge in [0.25, 0.3) is 5.56 Å². The van der Waals surface area contributed by atoms with Crippen molar-refractivity contribution in [3.05, 3.63) is 66.4 Å². The smallest absolute Gasteiger partial charge is 0.292 e. The second-order valence-corrected chi connectivity index (χ2v) is 7.67. The summed E-state index contributed by atoms with van der Waals surface area (Å²) in [7, 11) is 0. The number of anilines is 1. The van der Waals surface area contributed by atoms with Crippen molar-refractivity contribution in [1.29, 1.82) is 0 Å². The minimum Gasteiger partial charge on any atom is -0.382 e. The van der Waals surface area contributed by atoms with Gasteiger partial charge in [-0.1, -0.05) is 29.3 Å². The van der Waals surface area contributed by atoms with Gasteiger partial charge in [-0.3, -0.25) is 4.79 Å². The molecule has 0 atom stereocenters. The van der Waals surface area contributed by atoms with Gasteiger partial charge in [-0.2, -0.15) is 9.78 Å². The summed E-state index contributed by atoms with van der Waals surface area (Å²) < 4.78 is 1.24. The van der Waals surface area contributed by atoms with E-state index >= 15 is 0 Å². The average Bonchev–Trinajstić information content (AvgIpc) is 3.00. The Kier molecular flexibility index (Phi) is 5.42. The van der Waals surface area contributed by atoms with Crippen molar-refractivity contribution in [3.8, 4) is 5.69 Å². The lowest BCUT2D eigenvalue weighted by atomic mass is 10.2. The summed E-state index contributed by atoms with van der Waals surface area (Å²) in [5.74, 6) is 0. The summed E-state index contributed by atoms with van der Waals surface area (Å²) in [6.07, 6.45) is 4.15. The molecule has 1 aromatic carbocycles. The Balaban J connectivity index is 1.78. The fraction of sp³-hybridized carbons (Fsp3) is 0.235. The van der Waals surface area contributed by atoms with Crippen molar-refractivity contribution in [3.63, 3.8) is 0 Å². The molecule has 0 spiro atoms. The number of nitrogens with one attached hydrogen (secondary N) is 1. The normalized spacial score (nSPS) is 10.9. The molecule has 2 heterocycles. The van der Waals surface area contributed by atoms with E-state index in [0.29, 0.717) is 22.9 Å². The van der Waals surface area contributed by atoms with Gasteiger partial charge in [0, 0.05) is 29.1 Å². The van der Waals surface area contributed by atoms with Crippen LogP contribution in [-0.2, 0) is 6.42 Å².